The number of halogens is 1. The van der Waals surface area contributed by atoms with Crippen molar-refractivity contribution >= 4 is 32.8 Å². The van der Waals surface area contributed by atoms with E-state index in [1.165, 1.54) is 0 Å². The van der Waals surface area contributed by atoms with E-state index in [0.717, 1.165) is 15.4 Å². The van der Waals surface area contributed by atoms with E-state index in [1.54, 1.807) is 0 Å². The highest BCUT2D eigenvalue weighted by Crippen LogP contribution is 2.22. The van der Waals surface area contributed by atoms with Gasteiger partial charge in [-0.25, -0.2) is 9.97 Å². The Bertz CT molecular complexity index is 525. The molecule has 1 unspecified atom stereocenters. The van der Waals surface area contributed by atoms with E-state index in [4.69, 9.17) is 0 Å². The molecular formula is C13H16BrN3. The molecule has 0 aliphatic rings. The molecule has 0 aliphatic carbocycles. The molecule has 1 aromatic heterocycles. The van der Waals surface area contributed by atoms with Crippen LogP contribution in [-0.2, 0) is 0 Å². The largest absolute Gasteiger partial charge is 0.351 e. The van der Waals surface area contributed by atoms with Crippen LogP contribution in [0.5, 0.6) is 0 Å². The van der Waals surface area contributed by atoms with Crippen LogP contribution in [0, 0.1) is 5.92 Å². The highest BCUT2D eigenvalue weighted by atomic mass is 79.9. The van der Waals surface area contributed by atoms with Gasteiger partial charge in [0, 0.05) is 22.1 Å². The Morgan fingerprint density at radius 1 is 1.24 bits per heavy atom. The molecule has 1 heterocycles. The molecule has 0 amide bonds. The van der Waals surface area contributed by atoms with Crippen molar-refractivity contribution in [3.63, 3.8) is 0 Å². The van der Waals surface area contributed by atoms with Gasteiger partial charge in [0.05, 0.1) is 5.52 Å². The van der Waals surface area contributed by atoms with Gasteiger partial charge in [-0.3, -0.25) is 0 Å². The summed E-state index contributed by atoms with van der Waals surface area (Å²) in [7, 11) is 0. The maximum absolute atomic E-state index is 4.51. The third kappa shape index (κ3) is 2.75. The minimum atomic E-state index is 0.361. The number of rotatable bonds is 3. The lowest BCUT2D eigenvalue weighted by molar-refractivity contribution is 0.556. The summed E-state index contributed by atoms with van der Waals surface area (Å²) in [6.07, 6.45) is 1.85. The molecule has 3 nitrogen and oxygen atoms in total. The molecule has 1 atom stereocenters. The Morgan fingerprint density at radius 3 is 2.71 bits per heavy atom. The predicted molar refractivity (Wildman–Crippen MR) is 75.2 cm³/mol. The van der Waals surface area contributed by atoms with Crippen LogP contribution in [-0.4, -0.2) is 16.0 Å². The van der Waals surface area contributed by atoms with E-state index in [0.29, 0.717) is 17.9 Å². The number of fused-ring (bicyclic) bond motifs is 1. The minimum absolute atomic E-state index is 0.361. The average Bonchev–Trinajstić information content (AvgIpc) is 2.29. The maximum atomic E-state index is 4.51. The lowest BCUT2D eigenvalue weighted by Crippen LogP contribution is -2.22. The number of nitrogens with one attached hydrogen (secondary N) is 1. The second-order valence-corrected chi connectivity index (χ2v) is 5.40. The van der Waals surface area contributed by atoms with E-state index in [-0.39, 0.29) is 0 Å². The standard InChI is InChI=1S/C13H16BrN3/c1-8(2)9(3)16-13-15-7-10-11(14)5-4-6-12(10)17-13/h4-9H,1-3H3,(H,15,16,17). The van der Waals surface area contributed by atoms with Crippen molar-refractivity contribution in [1.82, 2.24) is 9.97 Å². The van der Waals surface area contributed by atoms with Crippen molar-refractivity contribution in [2.75, 3.05) is 5.32 Å². The summed E-state index contributed by atoms with van der Waals surface area (Å²) in [6.45, 7) is 6.49. The molecule has 90 valence electrons. The Kier molecular flexibility index (Phi) is 3.62. The van der Waals surface area contributed by atoms with Gasteiger partial charge in [-0.1, -0.05) is 35.8 Å². The van der Waals surface area contributed by atoms with Crippen LogP contribution in [0.2, 0.25) is 0 Å². The molecule has 1 N–H and O–H groups in total. The summed E-state index contributed by atoms with van der Waals surface area (Å²) in [5.74, 6) is 1.24. The molecule has 0 bridgehead atoms. The summed E-state index contributed by atoms with van der Waals surface area (Å²) < 4.78 is 1.03. The Hall–Kier alpha value is -1.16. The van der Waals surface area contributed by atoms with E-state index in [1.807, 2.05) is 24.4 Å². The first-order valence-corrected chi connectivity index (χ1v) is 6.55. The van der Waals surface area contributed by atoms with Crippen molar-refractivity contribution in [3.8, 4) is 0 Å². The van der Waals surface area contributed by atoms with Gasteiger partial charge in [0.1, 0.15) is 0 Å². The molecule has 0 spiro atoms. The molecule has 17 heavy (non-hydrogen) atoms. The van der Waals surface area contributed by atoms with Crippen LogP contribution in [0.4, 0.5) is 5.95 Å². The molecule has 0 fully saturated rings. The number of benzene rings is 1. The maximum Gasteiger partial charge on any atom is 0.223 e. The Morgan fingerprint density at radius 2 is 2.00 bits per heavy atom. The highest BCUT2D eigenvalue weighted by molar-refractivity contribution is 9.10. The van der Waals surface area contributed by atoms with Crippen LogP contribution < -0.4 is 5.32 Å². The number of hydrogen-bond donors (Lipinski definition) is 1. The zero-order chi connectivity index (χ0) is 12.4. The monoisotopic (exact) mass is 293 g/mol. The number of nitrogens with zero attached hydrogens (tertiary/aromatic N) is 2. The van der Waals surface area contributed by atoms with Gasteiger partial charge < -0.3 is 5.32 Å². The van der Waals surface area contributed by atoms with E-state index >= 15 is 0 Å². The lowest BCUT2D eigenvalue weighted by atomic mass is 10.1. The molecule has 0 radical (unpaired) electrons. The van der Waals surface area contributed by atoms with Gasteiger partial charge >= 0.3 is 0 Å². The predicted octanol–water partition coefficient (Wildman–Crippen LogP) is 3.85. The molecule has 0 saturated carbocycles. The first kappa shape index (κ1) is 12.3. The van der Waals surface area contributed by atoms with Crippen molar-refractivity contribution in [2.24, 2.45) is 5.92 Å². The first-order chi connectivity index (χ1) is 8.08. The summed E-state index contributed by atoms with van der Waals surface area (Å²) in [4.78, 5) is 8.84. The summed E-state index contributed by atoms with van der Waals surface area (Å²) in [5.41, 5.74) is 0.952. The van der Waals surface area contributed by atoms with Gasteiger partial charge in [-0.15, -0.1) is 0 Å². The van der Waals surface area contributed by atoms with Crippen molar-refractivity contribution in [2.45, 2.75) is 26.8 Å². The summed E-state index contributed by atoms with van der Waals surface area (Å²) in [5, 5.41) is 4.35. The zero-order valence-corrected chi connectivity index (χ0v) is 11.8. The zero-order valence-electron chi connectivity index (χ0n) is 10.2. The van der Waals surface area contributed by atoms with Gasteiger partial charge in [-0.2, -0.15) is 0 Å². The Labute approximate surface area is 110 Å². The summed E-state index contributed by atoms with van der Waals surface area (Å²) in [6, 6.07) is 6.33. The molecular weight excluding hydrogens is 278 g/mol. The minimum Gasteiger partial charge on any atom is -0.351 e. The fraction of sp³-hybridized carbons (Fsp3) is 0.385. The van der Waals surface area contributed by atoms with Crippen molar-refractivity contribution < 1.29 is 0 Å². The normalized spacial score (nSPS) is 13.0. The number of anilines is 1. The van der Waals surface area contributed by atoms with Gasteiger partial charge in [0.2, 0.25) is 5.95 Å². The van der Waals surface area contributed by atoms with Crippen molar-refractivity contribution in [3.05, 3.63) is 28.9 Å². The number of aromatic nitrogens is 2. The molecule has 1 aromatic carbocycles. The lowest BCUT2D eigenvalue weighted by Gasteiger charge is -2.17. The summed E-state index contributed by atoms with van der Waals surface area (Å²) >= 11 is 3.50. The molecule has 0 saturated heterocycles. The van der Waals surface area contributed by atoms with Crippen molar-refractivity contribution in [1.29, 1.82) is 0 Å². The van der Waals surface area contributed by atoms with Crippen LogP contribution in [0.3, 0.4) is 0 Å². The fourth-order valence-electron chi connectivity index (χ4n) is 1.46. The fourth-order valence-corrected chi connectivity index (χ4v) is 1.92. The topological polar surface area (TPSA) is 37.8 Å². The molecule has 4 heteroatoms. The molecule has 2 rings (SSSR count). The molecule has 2 aromatic rings. The second kappa shape index (κ2) is 5.00. The van der Waals surface area contributed by atoms with E-state index in [2.05, 4.69) is 52.0 Å². The SMILES string of the molecule is CC(C)C(C)Nc1ncc2c(Br)cccc2n1. The smallest absolute Gasteiger partial charge is 0.223 e. The quantitative estimate of drug-likeness (QED) is 0.934. The first-order valence-electron chi connectivity index (χ1n) is 5.75. The average molecular weight is 294 g/mol. The van der Waals surface area contributed by atoms with Crippen LogP contribution >= 0.6 is 15.9 Å². The van der Waals surface area contributed by atoms with Crippen LogP contribution in [0.1, 0.15) is 20.8 Å². The van der Waals surface area contributed by atoms with Gasteiger partial charge in [-0.05, 0) is 25.0 Å². The van der Waals surface area contributed by atoms with E-state index < -0.39 is 0 Å². The highest BCUT2D eigenvalue weighted by Gasteiger charge is 2.09. The third-order valence-corrected chi connectivity index (χ3v) is 3.62. The van der Waals surface area contributed by atoms with Crippen LogP contribution in [0.15, 0.2) is 28.9 Å². The Balaban J connectivity index is 2.32. The number of hydrogen-bond acceptors (Lipinski definition) is 3. The van der Waals surface area contributed by atoms with Gasteiger partial charge in [0.25, 0.3) is 0 Å². The molecule has 0 aliphatic heterocycles. The van der Waals surface area contributed by atoms with E-state index in [9.17, 15) is 0 Å². The third-order valence-electron chi connectivity index (χ3n) is 2.93. The van der Waals surface area contributed by atoms with Crippen LogP contribution in [0.25, 0.3) is 10.9 Å². The second-order valence-electron chi connectivity index (χ2n) is 4.54. The van der Waals surface area contributed by atoms with Gasteiger partial charge in [0.15, 0.2) is 0 Å².